The lowest BCUT2D eigenvalue weighted by Crippen LogP contribution is -2.53. The summed E-state index contributed by atoms with van der Waals surface area (Å²) in [6, 6.07) is 3.30. The molecule has 0 aliphatic carbocycles. The van der Waals surface area contributed by atoms with E-state index in [1.807, 2.05) is 21.7 Å². The topological polar surface area (TPSA) is 45.6 Å². The van der Waals surface area contributed by atoms with Gasteiger partial charge in [-0.25, -0.2) is 0 Å². The Morgan fingerprint density at radius 2 is 2.06 bits per heavy atom. The predicted octanol–water partition coefficient (Wildman–Crippen LogP) is 0.565. The molecule has 18 heavy (non-hydrogen) atoms. The van der Waals surface area contributed by atoms with Crippen LogP contribution < -0.4 is 0 Å². The zero-order chi connectivity index (χ0) is 12.7. The van der Waals surface area contributed by atoms with Gasteiger partial charge in [-0.15, -0.1) is 0 Å². The normalized spacial score (nSPS) is 23.4. The van der Waals surface area contributed by atoms with Gasteiger partial charge in [0, 0.05) is 26.3 Å². The Morgan fingerprint density at radius 1 is 1.33 bits per heavy atom. The van der Waals surface area contributed by atoms with Gasteiger partial charge in [0.15, 0.2) is 0 Å². The fourth-order valence-corrected chi connectivity index (χ4v) is 2.79. The van der Waals surface area contributed by atoms with Crippen molar-refractivity contribution in [2.75, 3.05) is 20.1 Å². The highest BCUT2D eigenvalue weighted by atomic mass is 16.2. The van der Waals surface area contributed by atoms with E-state index in [9.17, 15) is 9.59 Å². The number of likely N-dealkylation sites (N-methyl/N-ethyl adjacent to an activating group) is 1. The highest BCUT2D eigenvalue weighted by Crippen LogP contribution is 2.20. The van der Waals surface area contributed by atoms with E-state index in [0.717, 1.165) is 25.9 Å². The number of likely N-dealkylation sites (tertiary alicyclic amines) is 1. The van der Waals surface area contributed by atoms with Crippen LogP contribution in [-0.4, -0.2) is 52.4 Å². The Kier molecular flexibility index (Phi) is 2.61. The lowest BCUT2D eigenvalue weighted by atomic mass is 10.1. The molecule has 0 radical (unpaired) electrons. The first-order chi connectivity index (χ1) is 8.68. The van der Waals surface area contributed by atoms with Crippen molar-refractivity contribution in [2.24, 2.45) is 0 Å². The number of amides is 2. The Labute approximate surface area is 106 Å². The number of hydrogen-bond acceptors (Lipinski definition) is 2. The maximum Gasteiger partial charge on any atom is 0.270 e. The summed E-state index contributed by atoms with van der Waals surface area (Å²) in [5.41, 5.74) is 0.669. The molecule has 96 valence electrons. The van der Waals surface area contributed by atoms with Crippen LogP contribution in [0.4, 0.5) is 0 Å². The summed E-state index contributed by atoms with van der Waals surface area (Å²) >= 11 is 0. The van der Waals surface area contributed by atoms with Crippen LogP contribution in [0.5, 0.6) is 0 Å². The van der Waals surface area contributed by atoms with Gasteiger partial charge in [-0.1, -0.05) is 0 Å². The molecule has 0 bridgehead atoms. The highest BCUT2D eigenvalue weighted by molar-refractivity contribution is 5.97. The molecule has 0 saturated carbocycles. The van der Waals surface area contributed by atoms with Gasteiger partial charge in [-0.3, -0.25) is 9.59 Å². The molecular formula is C13H17N3O2. The lowest BCUT2D eigenvalue weighted by Gasteiger charge is -2.35. The Morgan fingerprint density at radius 3 is 2.78 bits per heavy atom. The van der Waals surface area contributed by atoms with Crippen LogP contribution in [0.25, 0.3) is 0 Å². The van der Waals surface area contributed by atoms with Gasteiger partial charge in [0.05, 0.1) is 6.54 Å². The zero-order valence-electron chi connectivity index (χ0n) is 10.5. The molecule has 1 unspecified atom stereocenters. The third-order valence-electron chi connectivity index (χ3n) is 3.91. The van der Waals surface area contributed by atoms with Crippen molar-refractivity contribution in [2.45, 2.75) is 25.4 Å². The minimum atomic E-state index is -0.351. The van der Waals surface area contributed by atoms with Crippen LogP contribution in [0.3, 0.4) is 0 Å². The molecule has 1 atom stereocenters. The Bertz CT molecular complexity index is 488. The van der Waals surface area contributed by atoms with E-state index in [1.54, 1.807) is 18.0 Å². The van der Waals surface area contributed by atoms with Crippen molar-refractivity contribution in [3.05, 3.63) is 24.0 Å². The van der Waals surface area contributed by atoms with Gasteiger partial charge in [0.1, 0.15) is 11.7 Å². The molecule has 5 nitrogen and oxygen atoms in total. The maximum atomic E-state index is 12.4. The molecule has 3 heterocycles. The molecule has 0 aromatic carbocycles. The molecule has 1 aromatic heterocycles. The molecule has 5 heteroatoms. The van der Waals surface area contributed by atoms with Gasteiger partial charge in [0.2, 0.25) is 5.91 Å². The van der Waals surface area contributed by atoms with Gasteiger partial charge in [-0.2, -0.15) is 0 Å². The van der Waals surface area contributed by atoms with Gasteiger partial charge in [-0.05, 0) is 25.0 Å². The third-order valence-corrected chi connectivity index (χ3v) is 3.91. The number of hydrogen-bond donors (Lipinski definition) is 0. The van der Waals surface area contributed by atoms with Gasteiger partial charge < -0.3 is 14.4 Å². The largest absolute Gasteiger partial charge is 0.341 e. The highest BCUT2D eigenvalue weighted by Gasteiger charge is 2.36. The van der Waals surface area contributed by atoms with Gasteiger partial charge >= 0.3 is 0 Å². The molecule has 1 fully saturated rings. The fraction of sp³-hybridized carbons (Fsp3) is 0.538. The number of rotatable bonds is 1. The first-order valence-electron chi connectivity index (χ1n) is 6.39. The molecule has 0 spiro atoms. The average molecular weight is 247 g/mol. The van der Waals surface area contributed by atoms with E-state index < -0.39 is 0 Å². The van der Waals surface area contributed by atoms with Crippen molar-refractivity contribution in [3.63, 3.8) is 0 Å². The number of nitrogens with zero attached hydrogens (tertiary/aromatic N) is 3. The van der Waals surface area contributed by atoms with Crippen molar-refractivity contribution in [1.82, 2.24) is 14.4 Å². The summed E-state index contributed by atoms with van der Waals surface area (Å²) in [5, 5.41) is 0. The van der Waals surface area contributed by atoms with Crippen LogP contribution in [0.15, 0.2) is 18.3 Å². The van der Waals surface area contributed by atoms with E-state index in [2.05, 4.69) is 0 Å². The number of carbonyl (C=O) groups is 2. The van der Waals surface area contributed by atoms with Crippen molar-refractivity contribution < 1.29 is 9.59 Å². The summed E-state index contributed by atoms with van der Waals surface area (Å²) in [7, 11) is 1.72. The molecule has 3 rings (SSSR count). The molecule has 1 aromatic rings. The smallest absolute Gasteiger partial charge is 0.270 e. The number of fused-ring (bicyclic) bond motifs is 1. The van der Waals surface area contributed by atoms with Crippen molar-refractivity contribution >= 4 is 11.8 Å². The first kappa shape index (κ1) is 11.3. The standard InChI is InChI=1S/C13H17N3O2/c1-14-11(13(18)15-6-2-3-7-15)9-16-8-4-5-10(16)12(14)17/h4-5,8,11H,2-3,6-7,9H2,1H3. The molecule has 2 aliphatic heterocycles. The lowest BCUT2D eigenvalue weighted by molar-refractivity contribution is -0.135. The summed E-state index contributed by atoms with van der Waals surface area (Å²) < 4.78 is 1.88. The Hall–Kier alpha value is -1.78. The van der Waals surface area contributed by atoms with Crippen LogP contribution in [0.1, 0.15) is 23.3 Å². The van der Waals surface area contributed by atoms with Crippen molar-refractivity contribution in [1.29, 1.82) is 0 Å². The van der Waals surface area contributed by atoms with E-state index in [4.69, 9.17) is 0 Å². The third kappa shape index (κ3) is 1.62. The second-order valence-electron chi connectivity index (χ2n) is 5.01. The minimum absolute atomic E-state index is 0.0659. The van der Waals surface area contributed by atoms with E-state index in [0.29, 0.717) is 12.2 Å². The molecular weight excluding hydrogens is 230 g/mol. The number of carbonyl (C=O) groups excluding carboxylic acids is 2. The van der Waals surface area contributed by atoms with E-state index in [-0.39, 0.29) is 17.9 Å². The SMILES string of the molecule is CN1C(=O)c2cccn2CC1C(=O)N1CCCC1. The van der Waals surface area contributed by atoms with Crippen LogP contribution in [-0.2, 0) is 11.3 Å². The van der Waals surface area contributed by atoms with Crippen molar-refractivity contribution in [3.8, 4) is 0 Å². The van der Waals surface area contributed by atoms with E-state index in [1.165, 1.54) is 0 Å². The molecule has 2 aliphatic rings. The minimum Gasteiger partial charge on any atom is -0.341 e. The van der Waals surface area contributed by atoms with E-state index >= 15 is 0 Å². The summed E-state index contributed by atoms with van der Waals surface area (Å²) in [6.07, 6.45) is 4.01. The quantitative estimate of drug-likeness (QED) is 0.728. The monoisotopic (exact) mass is 247 g/mol. The second kappa shape index (κ2) is 4.15. The Balaban J connectivity index is 1.85. The summed E-state index contributed by atoms with van der Waals surface area (Å²) in [6.45, 7) is 2.23. The molecule has 1 saturated heterocycles. The second-order valence-corrected chi connectivity index (χ2v) is 5.01. The van der Waals surface area contributed by atoms with Crippen LogP contribution >= 0.6 is 0 Å². The summed E-state index contributed by atoms with van der Waals surface area (Å²) in [5.74, 6) is 0.0199. The van der Waals surface area contributed by atoms with Gasteiger partial charge in [0.25, 0.3) is 5.91 Å². The summed E-state index contributed by atoms with van der Waals surface area (Å²) in [4.78, 5) is 28.0. The average Bonchev–Trinajstić information content (AvgIpc) is 3.02. The van der Waals surface area contributed by atoms with Crippen LogP contribution in [0.2, 0.25) is 0 Å². The van der Waals surface area contributed by atoms with Crippen LogP contribution in [0, 0.1) is 0 Å². The fourth-order valence-electron chi connectivity index (χ4n) is 2.79. The molecule has 0 N–H and O–H groups in total. The predicted molar refractivity (Wildman–Crippen MR) is 66.1 cm³/mol. The molecule has 2 amide bonds. The first-order valence-corrected chi connectivity index (χ1v) is 6.39. The number of aromatic nitrogens is 1. The maximum absolute atomic E-state index is 12.4. The zero-order valence-corrected chi connectivity index (χ0v) is 10.5.